The first kappa shape index (κ1) is 13.3. The van der Waals surface area contributed by atoms with E-state index in [0.29, 0.717) is 6.04 Å². The lowest BCUT2D eigenvalue weighted by molar-refractivity contribution is 0.183. The lowest BCUT2D eigenvalue weighted by atomic mass is 10.2. The van der Waals surface area contributed by atoms with Gasteiger partial charge in [0.15, 0.2) is 0 Å². The molecule has 1 aromatic rings. The van der Waals surface area contributed by atoms with Crippen molar-refractivity contribution in [3.05, 3.63) is 23.9 Å². The highest BCUT2D eigenvalue weighted by atomic mass is 16.3. The Morgan fingerprint density at radius 3 is 3.00 bits per heavy atom. The van der Waals surface area contributed by atoms with Gasteiger partial charge in [-0.05, 0) is 37.0 Å². The Bertz CT molecular complexity index is 366. The molecule has 1 aromatic heterocycles. The molecule has 4 nitrogen and oxygen atoms in total. The number of rotatable bonds is 8. The SMILES string of the molecule is CCCNc1cc(CN(CCO)C2CC2)ccn1. The van der Waals surface area contributed by atoms with Crippen LogP contribution in [0.25, 0.3) is 0 Å². The highest BCUT2D eigenvalue weighted by Crippen LogP contribution is 2.28. The number of nitrogens with one attached hydrogen (secondary N) is 1. The zero-order valence-electron chi connectivity index (χ0n) is 11.1. The average Bonchev–Trinajstić information content (AvgIpc) is 3.21. The minimum Gasteiger partial charge on any atom is -0.395 e. The number of nitrogens with zero attached hydrogens (tertiary/aromatic N) is 2. The topological polar surface area (TPSA) is 48.4 Å². The summed E-state index contributed by atoms with van der Waals surface area (Å²) in [5.41, 5.74) is 1.27. The molecule has 2 N–H and O–H groups in total. The van der Waals surface area contributed by atoms with E-state index in [9.17, 15) is 0 Å². The van der Waals surface area contributed by atoms with Gasteiger partial charge < -0.3 is 10.4 Å². The highest BCUT2D eigenvalue weighted by molar-refractivity contribution is 5.37. The molecule has 0 bridgehead atoms. The molecule has 1 heterocycles. The van der Waals surface area contributed by atoms with Crippen molar-refractivity contribution in [3.63, 3.8) is 0 Å². The van der Waals surface area contributed by atoms with Crippen molar-refractivity contribution in [2.45, 2.75) is 38.8 Å². The molecule has 0 amide bonds. The molecule has 2 rings (SSSR count). The maximum Gasteiger partial charge on any atom is 0.126 e. The van der Waals surface area contributed by atoms with E-state index >= 15 is 0 Å². The van der Waals surface area contributed by atoms with Gasteiger partial charge in [-0.2, -0.15) is 0 Å². The fraction of sp³-hybridized carbons (Fsp3) is 0.643. The first-order chi connectivity index (χ1) is 8.83. The molecule has 1 fully saturated rings. The minimum atomic E-state index is 0.239. The van der Waals surface area contributed by atoms with Crippen molar-refractivity contribution in [2.24, 2.45) is 0 Å². The van der Waals surface area contributed by atoms with Crippen LogP contribution in [0.5, 0.6) is 0 Å². The van der Waals surface area contributed by atoms with Gasteiger partial charge in [0.25, 0.3) is 0 Å². The van der Waals surface area contributed by atoms with Crippen LogP contribution < -0.4 is 5.32 Å². The summed E-state index contributed by atoms with van der Waals surface area (Å²) in [5, 5.41) is 12.4. The van der Waals surface area contributed by atoms with Crippen LogP contribution in [-0.4, -0.2) is 40.7 Å². The van der Waals surface area contributed by atoms with Crippen molar-refractivity contribution in [2.75, 3.05) is 25.0 Å². The number of aromatic nitrogens is 1. The molecule has 1 aliphatic carbocycles. The Labute approximate surface area is 109 Å². The standard InChI is InChI=1S/C14H23N3O/c1-2-6-15-14-10-12(5-7-16-14)11-17(8-9-18)13-3-4-13/h5,7,10,13,18H,2-4,6,8-9,11H2,1H3,(H,15,16). The Hall–Kier alpha value is -1.13. The molecule has 0 unspecified atom stereocenters. The second-order valence-corrected chi connectivity index (χ2v) is 4.90. The first-order valence-corrected chi connectivity index (χ1v) is 6.87. The third-order valence-corrected chi connectivity index (χ3v) is 3.22. The summed E-state index contributed by atoms with van der Waals surface area (Å²) in [5.74, 6) is 0.953. The smallest absolute Gasteiger partial charge is 0.126 e. The largest absolute Gasteiger partial charge is 0.395 e. The van der Waals surface area contributed by atoms with E-state index in [2.05, 4.69) is 34.3 Å². The second-order valence-electron chi connectivity index (χ2n) is 4.90. The van der Waals surface area contributed by atoms with Crippen LogP contribution in [0.3, 0.4) is 0 Å². The molecule has 0 atom stereocenters. The van der Waals surface area contributed by atoms with Crippen LogP contribution in [0, 0.1) is 0 Å². The third-order valence-electron chi connectivity index (χ3n) is 3.22. The van der Waals surface area contributed by atoms with Crippen molar-refractivity contribution < 1.29 is 5.11 Å². The van der Waals surface area contributed by atoms with Crippen LogP contribution in [0.2, 0.25) is 0 Å². The van der Waals surface area contributed by atoms with Crippen LogP contribution in [0.4, 0.5) is 5.82 Å². The molecule has 0 aliphatic heterocycles. The molecule has 1 saturated carbocycles. The molecule has 18 heavy (non-hydrogen) atoms. The average molecular weight is 249 g/mol. The van der Waals surface area contributed by atoms with E-state index in [1.807, 2.05) is 6.20 Å². The van der Waals surface area contributed by atoms with E-state index in [4.69, 9.17) is 5.11 Å². The second kappa shape index (κ2) is 6.71. The lowest BCUT2D eigenvalue weighted by Gasteiger charge is -2.21. The van der Waals surface area contributed by atoms with Gasteiger partial charge in [0.1, 0.15) is 5.82 Å². The van der Waals surface area contributed by atoms with Crippen LogP contribution >= 0.6 is 0 Å². The fourth-order valence-corrected chi connectivity index (χ4v) is 2.12. The Morgan fingerprint density at radius 1 is 1.50 bits per heavy atom. The van der Waals surface area contributed by atoms with Gasteiger partial charge in [-0.25, -0.2) is 4.98 Å². The number of pyridine rings is 1. The normalized spacial score (nSPS) is 15.1. The van der Waals surface area contributed by atoms with Gasteiger partial charge in [-0.3, -0.25) is 4.90 Å². The number of anilines is 1. The van der Waals surface area contributed by atoms with Gasteiger partial charge in [-0.15, -0.1) is 0 Å². The van der Waals surface area contributed by atoms with Gasteiger partial charge in [0.2, 0.25) is 0 Å². The fourth-order valence-electron chi connectivity index (χ4n) is 2.12. The molecule has 0 spiro atoms. The third kappa shape index (κ3) is 3.96. The van der Waals surface area contributed by atoms with Crippen molar-refractivity contribution in [1.82, 2.24) is 9.88 Å². The van der Waals surface area contributed by atoms with Crippen LogP contribution in [0.1, 0.15) is 31.7 Å². The molecule has 1 aliphatic rings. The molecule has 0 saturated heterocycles. The number of aliphatic hydroxyl groups excluding tert-OH is 1. The quantitative estimate of drug-likeness (QED) is 0.738. The molecule has 0 aromatic carbocycles. The van der Waals surface area contributed by atoms with Gasteiger partial charge >= 0.3 is 0 Å². The summed E-state index contributed by atoms with van der Waals surface area (Å²) in [4.78, 5) is 6.67. The van der Waals surface area contributed by atoms with Gasteiger partial charge in [0, 0.05) is 31.9 Å². The summed E-state index contributed by atoms with van der Waals surface area (Å²) in [7, 11) is 0. The van der Waals surface area contributed by atoms with Crippen LogP contribution in [0.15, 0.2) is 18.3 Å². The molecular formula is C14H23N3O. The summed E-state index contributed by atoms with van der Waals surface area (Å²) >= 11 is 0. The number of hydrogen-bond acceptors (Lipinski definition) is 4. The minimum absolute atomic E-state index is 0.239. The van der Waals surface area contributed by atoms with E-state index in [1.165, 1.54) is 18.4 Å². The maximum absolute atomic E-state index is 9.10. The molecule has 100 valence electrons. The maximum atomic E-state index is 9.10. The van der Waals surface area contributed by atoms with E-state index in [1.54, 1.807) is 0 Å². The number of aliphatic hydroxyl groups is 1. The Balaban J connectivity index is 1.94. The van der Waals surface area contributed by atoms with E-state index < -0.39 is 0 Å². The molecule has 4 heteroatoms. The monoisotopic (exact) mass is 249 g/mol. The highest BCUT2D eigenvalue weighted by Gasteiger charge is 2.28. The summed E-state index contributed by atoms with van der Waals surface area (Å²) in [6.45, 7) is 5.02. The number of hydrogen-bond donors (Lipinski definition) is 2. The van der Waals surface area contributed by atoms with Crippen molar-refractivity contribution in [1.29, 1.82) is 0 Å². The van der Waals surface area contributed by atoms with E-state index in [-0.39, 0.29) is 6.61 Å². The van der Waals surface area contributed by atoms with Crippen molar-refractivity contribution in [3.8, 4) is 0 Å². The predicted octanol–water partition coefficient (Wildman–Crippen LogP) is 1.86. The Morgan fingerprint density at radius 2 is 2.33 bits per heavy atom. The zero-order valence-corrected chi connectivity index (χ0v) is 11.1. The molecule has 0 radical (unpaired) electrons. The van der Waals surface area contributed by atoms with Crippen LogP contribution in [-0.2, 0) is 6.54 Å². The predicted molar refractivity (Wildman–Crippen MR) is 73.5 cm³/mol. The summed E-state index contributed by atoms with van der Waals surface area (Å²) in [6, 6.07) is 4.85. The van der Waals surface area contributed by atoms with Crippen molar-refractivity contribution >= 4 is 5.82 Å². The summed E-state index contributed by atoms with van der Waals surface area (Å²) in [6.07, 6.45) is 5.50. The van der Waals surface area contributed by atoms with Gasteiger partial charge in [-0.1, -0.05) is 6.92 Å². The summed E-state index contributed by atoms with van der Waals surface area (Å²) < 4.78 is 0. The Kier molecular flexibility index (Phi) is 4.96. The zero-order chi connectivity index (χ0) is 12.8. The first-order valence-electron chi connectivity index (χ1n) is 6.87. The van der Waals surface area contributed by atoms with Gasteiger partial charge in [0.05, 0.1) is 6.61 Å². The molecular weight excluding hydrogens is 226 g/mol. The lowest BCUT2D eigenvalue weighted by Crippen LogP contribution is -2.28. The van der Waals surface area contributed by atoms with E-state index in [0.717, 1.165) is 31.9 Å².